The van der Waals surface area contributed by atoms with Crippen LogP contribution in [-0.2, 0) is 14.9 Å². The number of phenols is 3. The predicted molar refractivity (Wildman–Crippen MR) is 158 cm³/mol. The highest BCUT2D eigenvalue weighted by atomic mass is 35.5. The maximum atomic E-state index is 13.4. The Hall–Kier alpha value is -4.24. The summed E-state index contributed by atoms with van der Waals surface area (Å²) in [5.74, 6) is 0.204. The van der Waals surface area contributed by atoms with Crippen molar-refractivity contribution < 1.29 is 32.7 Å². The zero-order chi connectivity index (χ0) is 28.7. The summed E-state index contributed by atoms with van der Waals surface area (Å²) >= 11 is 6.03. The number of hydrogen-bond donors (Lipinski definition) is 3. The van der Waals surface area contributed by atoms with Crippen molar-refractivity contribution in [1.82, 2.24) is 0 Å². The van der Waals surface area contributed by atoms with Crippen LogP contribution in [0.1, 0.15) is 28.7 Å². The van der Waals surface area contributed by atoms with Crippen molar-refractivity contribution in [1.29, 1.82) is 0 Å². The molecule has 2 heterocycles. The van der Waals surface area contributed by atoms with Crippen LogP contribution in [0.2, 0.25) is 5.02 Å². The molecular weight excluding hydrogens is 564 g/mol. The molecule has 3 atom stereocenters. The van der Waals surface area contributed by atoms with E-state index in [2.05, 4.69) is 0 Å². The van der Waals surface area contributed by atoms with E-state index >= 15 is 0 Å². The van der Waals surface area contributed by atoms with Crippen LogP contribution in [0.4, 0.5) is 0 Å². The van der Waals surface area contributed by atoms with E-state index < -0.39 is 27.6 Å². The molecule has 208 valence electrons. The number of hydrogen-bond acceptors (Lipinski definition) is 7. The van der Waals surface area contributed by atoms with Gasteiger partial charge in [0.25, 0.3) is 0 Å². The Bertz CT molecular complexity index is 1760. The van der Waals surface area contributed by atoms with Crippen LogP contribution >= 0.6 is 11.6 Å². The van der Waals surface area contributed by atoms with Gasteiger partial charge in [-0.2, -0.15) is 8.42 Å². The van der Waals surface area contributed by atoms with Gasteiger partial charge in [-0.25, -0.2) is 0 Å². The summed E-state index contributed by atoms with van der Waals surface area (Å²) in [6, 6.07) is 25.0. The fourth-order valence-corrected chi connectivity index (χ4v) is 6.98. The van der Waals surface area contributed by atoms with Crippen LogP contribution in [0, 0.1) is 0 Å². The molecule has 4 aromatic carbocycles. The van der Waals surface area contributed by atoms with Crippen molar-refractivity contribution in [3.63, 3.8) is 0 Å². The smallest absolute Gasteiger partial charge is 0.315 e. The summed E-state index contributed by atoms with van der Waals surface area (Å²) in [4.78, 5) is 0. The van der Waals surface area contributed by atoms with Crippen LogP contribution in [0.15, 0.2) is 91.0 Å². The van der Waals surface area contributed by atoms with Crippen LogP contribution in [-0.4, -0.2) is 41.2 Å². The van der Waals surface area contributed by atoms with Crippen LogP contribution in [0.25, 0.3) is 23.3 Å². The molecular formula is C32H25ClO7S. The summed E-state index contributed by atoms with van der Waals surface area (Å²) in [6.07, 6.45) is 2.61. The van der Waals surface area contributed by atoms with Crippen LogP contribution in [0.5, 0.6) is 23.0 Å². The molecule has 7 nitrogen and oxygen atoms in total. The zero-order valence-corrected chi connectivity index (χ0v) is 23.1. The van der Waals surface area contributed by atoms with E-state index in [1.165, 1.54) is 24.3 Å². The van der Waals surface area contributed by atoms with E-state index in [1.807, 2.05) is 30.3 Å². The molecule has 3 N–H and O–H groups in total. The molecule has 1 fully saturated rings. The fraction of sp³-hybridized carbons (Fsp3) is 0.125. The molecule has 3 unspecified atom stereocenters. The highest BCUT2D eigenvalue weighted by Gasteiger charge is 2.53. The molecule has 0 aliphatic carbocycles. The molecule has 2 bridgehead atoms. The van der Waals surface area contributed by atoms with Crippen LogP contribution in [0.3, 0.4) is 0 Å². The molecule has 2 aliphatic rings. The maximum Gasteiger partial charge on any atom is 0.315 e. The number of aromatic hydroxyl groups is 3. The maximum absolute atomic E-state index is 13.4. The molecule has 1 saturated heterocycles. The second-order valence-corrected chi connectivity index (χ2v) is 12.2. The molecule has 0 radical (unpaired) electrons. The summed E-state index contributed by atoms with van der Waals surface area (Å²) in [6.45, 7) is 0. The lowest BCUT2D eigenvalue weighted by atomic mass is 9.83. The van der Waals surface area contributed by atoms with Gasteiger partial charge in [0.05, 0.1) is 6.10 Å². The number of halogens is 1. The standard InChI is InChI=1S/C32H25ClO7S/c33-23-2-1-3-27(16-23)40-41(37,38)29-18-28-30(21-10-12-24(34)13-11-21)31(32(29)39-28)22-8-6-19(7-9-22)4-5-20-14-25(35)17-26(36)15-20/h1-17,28-29,32,34-36H,18H2/b5-4+. The largest absolute Gasteiger partial charge is 0.508 e. The highest BCUT2D eigenvalue weighted by molar-refractivity contribution is 7.87. The summed E-state index contributed by atoms with van der Waals surface area (Å²) in [7, 11) is -4.08. The monoisotopic (exact) mass is 588 g/mol. The molecule has 6 rings (SSSR count). The van der Waals surface area contributed by atoms with E-state index in [9.17, 15) is 23.7 Å². The van der Waals surface area contributed by atoms with Gasteiger partial charge in [-0.3, -0.25) is 0 Å². The lowest BCUT2D eigenvalue weighted by Gasteiger charge is -2.24. The molecule has 9 heteroatoms. The number of fused-ring (bicyclic) bond motifs is 2. The SMILES string of the molecule is O=S(=O)(Oc1cccc(Cl)c1)C1CC2OC1C(c1ccc(/C=C/c3cc(O)cc(O)c3)cc1)=C2c1ccc(O)cc1. The Balaban J connectivity index is 1.34. The van der Waals surface area contributed by atoms with Gasteiger partial charge in [-0.1, -0.05) is 66.2 Å². The minimum atomic E-state index is -4.08. The van der Waals surface area contributed by atoms with Crippen LogP contribution < -0.4 is 4.18 Å². The van der Waals surface area contributed by atoms with Gasteiger partial charge in [0.15, 0.2) is 0 Å². The van der Waals surface area contributed by atoms with Gasteiger partial charge < -0.3 is 24.2 Å². The zero-order valence-electron chi connectivity index (χ0n) is 21.5. The van der Waals surface area contributed by atoms with Gasteiger partial charge in [-0.15, -0.1) is 0 Å². The number of phenolic OH excluding ortho intramolecular Hbond substituents is 3. The minimum Gasteiger partial charge on any atom is -0.508 e. The first-order chi connectivity index (χ1) is 19.7. The van der Waals surface area contributed by atoms with Crippen molar-refractivity contribution in [3.8, 4) is 23.0 Å². The molecule has 0 saturated carbocycles. The number of benzene rings is 4. The second-order valence-electron chi connectivity index (χ2n) is 9.97. The Kier molecular flexibility index (Phi) is 6.99. The van der Waals surface area contributed by atoms with E-state index in [4.69, 9.17) is 20.5 Å². The Morgan fingerprint density at radius 2 is 1.39 bits per heavy atom. The minimum absolute atomic E-state index is 0.0335. The van der Waals surface area contributed by atoms with Crippen molar-refractivity contribution in [3.05, 3.63) is 118 Å². The second kappa shape index (κ2) is 10.6. The van der Waals surface area contributed by atoms with Crippen molar-refractivity contribution >= 4 is 45.0 Å². The van der Waals surface area contributed by atoms with Crippen molar-refractivity contribution in [2.24, 2.45) is 0 Å². The quantitative estimate of drug-likeness (QED) is 0.167. The third kappa shape index (κ3) is 5.54. The lowest BCUT2D eigenvalue weighted by molar-refractivity contribution is 0.128. The van der Waals surface area contributed by atoms with E-state index in [0.29, 0.717) is 10.6 Å². The average molecular weight is 589 g/mol. The summed E-state index contributed by atoms with van der Waals surface area (Å²) in [5.41, 5.74) is 4.77. The van der Waals surface area contributed by atoms with Gasteiger partial charge in [0.2, 0.25) is 0 Å². The fourth-order valence-electron chi connectivity index (χ4n) is 5.39. The van der Waals surface area contributed by atoms with Gasteiger partial charge in [0, 0.05) is 23.6 Å². The normalized spacial score (nSPS) is 20.2. The summed E-state index contributed by atoms with van der Waals surface area (Å²) in [5, 5.41) is 28.7. The Morgan fingerprint density at radius 1 is 0.756 bits per heavy atom. The van der Waals surface area contributed by atoms with E-state index in [0.717, 1.165) is 27.8 Å². The van der Waals surface area contributed by atoms with E-state index in [1.54, 1.807) is 48.5 Å². The van der Waals surface area contributed by atoms with Crippen molar-refractivity contribution in [2.45, 2.75) is 23.9 Å². The molecule has 2 aliphatic heterocycles. The third-order valence-corrected chi connectivity index (χ3v) is 9.01. The first-order valence-corrected chi connectivity index (χ1v) is 14.7. The Labute approximate surface area is 242 Å². The third-order valence-electron chi connectivity index (χ3n) is 7.16. The molecule has 4 aromatic rings. The molecule has 0 amide bonds. The average Bonchev–Trinajstić information content (AvgIpc) is 3.52. The predicted octanol–water partition coefficient (Wildman–Crippen LogP) is 6.49. The first kappa shape index (κ1) is 27.0. The van der Waals surface area contributed by atoms with Gasteiger partial charge in [-0.05, 0) is 69.8 Å². The molecule has 0 aromatic heterocycles. The number of rotatable bonds is 7. The topological polar surface area (TPSA) is 113 Å². The highest BCUT2D eigenvalue weighted by Crippen LogP contribution is 2.51. The Morgan fingerprint density at radius 3 is 2.07 bits per heavy atom. The molecule has 0 spiro atoms. The van der Waals surface area contributed by atoms with Crippen molar-refractivity contribution in [2.75, 3.05) is 0 Å². The lowest BCUT2D eigenvalue weighted by Crippen LogP contribution is -2.35. The molecule has 41 heavy (non-hydrogen) atoms. The number of ether oxygens (including phenoxy) is 1. The van der Waals surface area contributed by atoms with Gasteiger partial charge >= 0.3 is 10.1 Å². The summed E-state index contributed by atoms with van der Waals surface area (Å²) < 4.78 is 38.6. The first-order valence-electron chi connectivity index (χ1n) is 12.9. The van der Waals surface area contributed by atoms with E-state index in [-0.39, 0.29) is 29.4 Å². The van der Waals surface area contributed by atoms with Gasteiger partial charge in [0.1, 0.15) is 34.4 Å².